The van der Waals surface area contributed by atoms with E-state index in [1.165, 1.54) is 11.1 Å². The lowest BCUT2D eigenvalue weighted by molar-refractivity contribution is -0.105. The summed E-state index contributed by atoms with van der Waals surface area (Å²) in [5, 5.41) is 2.89. The van der Waals surface area contributed by atoms with Gasteiger partial charge in [-0.25, -0.2) is 0 Å². The number of anilines is 1. The summed E-state index contributed by atoms with van der Waals surface area (Å²) in [6.07, 6.45) is 6.42. The number of rotatable bonds is 6. The van der Waals surface area contributed by atoms with Crippen molar-refractivity contribution < 1.29 is 4.79 Å². The molecule has 0 aliphatic heterocycles. The highest BCUT2D eigenvalue weighted by Gasteiger charge is 2.14. The maximum Gasteiger partial charge on any atom is 0.211 e. The number of amides is 1. The summed E-state index contributed by atoms with van der Waals surface area (Å²) in [4.78, 5) is 15.1. The highest BCUT2D eigenvalue weighted by molar-refractivity contribution is 5.80. The van der Waals surface area contributed by atoms with Crippen LogP contribution in [0.1, 0.15) is 44.2 Å². The summed E-state index contributed by atoms with van der Waals surface area (Å²) in [6, 6.07) is 8.33. The van der Waals surface area contributed by atoms with Gasteiger partial charge in [-0.1, -0.05) is 33.3 Å². The molecule has 0 spiro atoms. The van der Waals surface area contributed by atoms with Crippen LogP contribution in [0.5, 0.6) is 0 Å². The van der Waals surface area contributed by atoms with Crippen molar-refractivity contribution in [2.24, 2.45) is 0 Å². The Balaban J connectivity index is 2.61. The first kappa shape index (κ1) is 15.2. The van der Waals surface area contributed by atoms with Gasteiger partial charge in [0.2, 0.25) is 6.41 Å². The molecule has 3 nitrogen and oxygen atoms in total. The van der Waals surface area contributed by atoms with E-state index in [0.717, 1.165) is 36.1 Å². The molecule has 0 radical (unpaired) electrons. The summed E-state index contributed by atoms with van der Waals surface area (Å²) in [5.74, 6) is 0.347. The number of hydrogen-bond donors (Lipinski definition) is 1. The van der Waals surface area contributed by atoms with Gasteiger partial charge >= 0.3 is 0 Å². The molecule has 0 atom stereocenters. The zero-order chi connectivity index (χ0) is 15.2. The maximum absolute atomic E-state index is 10.9. The number of carbonyl (C=O) groups is 1. The number of nitrogens with zero attached hydrogens (tertiary/aromatic N) is 1. The lowest BCUT2D eigenvalue weighted by atomic mass is 9.91. The number of nitrogens with one attached hydrogen (secondary N) is 1. The summed E-state index contributed by atoms with van der Waals surface area (Å²) in [6.45, 7) is 6.44. The van der Waals surface area contributed by atoms with Crippen LogP contribution in [0.25, 0.3) is 11.1 Å². The largest absolute Gasteiger partial charge is 0.328 e. The molecule has 0 bridgehead atoms. The van der Waals surface area contributed by atoms with E-state index in [4.69, 9.17) is 0 Å². The normalized spacial score (nSPS) is 10.7. The molecule has 0 saturated heterocycles. The Morgan fingerprint density at radius 2 is 2.10 bits per heavy atom. The molecule has 1 N–H and O–H groups in total. The lowest BCUT2D eigenvalue weighted by Crippen LogP contribution is -2.05. The highest BCUT2D eigenvalue weighted by Crippen LogP contribution is 2.33. The Morgan fingerprint density at radius 3 is 2.67 bits per heavy atom. The maximum atomic E-state index is 10.9. The molecule has 1 aromatic heterocycles. The number of hydrogen-bond acceptors (Lipinski definition) is 2. The van der Waals surface area contributed by atoms with Crippen LogP contribution < -0.4 is 5.32 Å². The Labute approximate surface area is 126 Å². The van der Waals surface area contributed by atoms with E-state index < -0.39 is 0 Å². The average molecular weight is 282 g/mol. The lowest BCUT2D eigenvalue weighted by Gasteiger charge is -2.18. The minimum atomic E-state index is 0.347. The van der Waals surface area contributed by atoms with Crippen molar-refractivity contribution >= 4 is 12.1 Å². The number of carbonyl (C=O) groups excluding carboxylic acids is 1. The molecular formula is C18H22N2O. The predicted octanol–water partition coefficient (Wildman–Crippen LogP) is 4.39. The highest BCUT2D eigenvalue weighted by atomic mass is 16.1. The van der Waals surface area contributed by atoms with Gasteiger partial charge in [0.1, 0.15) is 0 Å². The number of benzene rings is 1. The Bertz CT molecular complexity index is 606. The third-order valence-electron chi connectivity index (χ3n) is 3.59. The van der Waals surface area contributed by atoms with Crippen LogP contribution in [0.4, 0.5) is 5.69 Å². The van der Waals surface area contributed by atoms with E-state index in [0.29, 0.717) is 5.92 Å². The van der Waals surface area contributed by atoms with Gasteiger partial charge in [0.05, 0.1) is 0 Å². The van der Waals surface area contributed by atoms with Gasteiger partial charge in [0.25, 0.3) is 0 Å². The standard InChI is InChI=1S/C18H22N2O/c1-4-6-14-9-16(15-7-5-8-19-11-15)10-17(13(2)3)18(14)20-12-21/h5,7-13H,4,6H2,1-3H3,(H,20,21). The number of pyridine rings is 1. The molecule has 1 amide bonds. The van der Waals surface area contributed by atoms with Crippen LogP contribution in [0.2, 0.25) is 0 Å². The van der Waals surface area contributed by atoms with Crippen molar-refractivity contribution in [1.82, 2.24) is 4.98 Å². The molecule has 3 heteroatoms. The summed E-state index contributed by atoms with van der Waals surface area (Å²) >= 11 is 0. The second-order valence-corrected chi connectivity index (χ2v) is 5.51. The molecule has 0 aliphatic rings. The first-order valence-electron chi connectivity index (χ1n) is 7.44. The van der Waals surface area contributed by atoms with Gasteiger partial charge < -0.3 is 5.32 Å². The summed E-state index contributed by atoms with van der Waals surface area (Å²) < 4.78 is 0. The molecule has 0 aliphatic carbocycles. The van der Waals surface area contributed by atoms with E-state index in [2.05, 4.69) is 49.3 Å². The Morgan fingerprint density at radius 1 is 1.29 bits per heavy atom. The first-order chi connectivity index (χ1) is 10.2. The van der Waals surface area contributed by atoms with E-state index >= 15 is 0 Å². The zero-order valence-electron chi connectivity index (χ0n) is 12.9. The summed E-state index contributed by atoms with van der Waals surface area (Å²) in [5.41, 5.74) is 5.59. The second kappa shape index (κ2) is 7.02. The SMILES string of the molecule is CCCc1cc(-c2cccnc2)cc(C(C)C)c1NC=O. The van der Waals surface area contributed by atoms with Crippen molar-refractivity contribution in [3.8, 4) is 11.1 Å². The van der Waals surface area contributed by atoms with Crippen molar-refractivity contribution in [2.75, 3.05) is 5.32 Å². The van der Waals surface area contributed by atoms with Gasteiger partial charge in [-0.2, -0.15) is 0 Å². The van der Waals surface area contributed by atoms with Crippen molar-refractivity contribution in [2.45, 2.75) is 39.5 Å². The fraction of sp³-hybridized carbons (Fsp3) is 0.333. The Kier molecular flexibility index (Phi) is 5.09. The fourth-order valence-corrected chi connectivity index (χ4v) is 2.58. The van der Waals surface area contributed by atoms with E-state index in [1.807, 2.05) is 12.3 Å². The first-order valence-corrected chi connectivity index (χ1v) is 7.44. The average Bonchev–Trinajstić information content (AvgIpc) is 2.50. The van der Waals surface area contributed by atoms with Gasteiger partial charge in [-0.15, -0.1) is 0 Å². The van der Waals surface area contributed by atoms with E-state index in [1.54, 1.807) is 6.20 Å². The van der Waals surface area contributed by atoms with E-state index in [-0.39, 0.29) is 0 Å². The molecule has 110 valence electrons. The summed E-state index contributed by atoms with van der Waals surface area (Å²) in [7, 11) is 0. The van der Waals surface area contributed by atoms with Crippen molar-refractivity contribution in [1.29, 1.82) is 0 Å². The molecule has 0 unspecified atom stereocenters. The van der Waals surface area contributed by atoms with Crippen LogP contribution in [-0.4, -0.2) is 11.4 Å². The second-order valence-electron chi connectivity index (χ2n) is 5.51. The minimum Gasteiger partial charge on any atom is -0.328 e. The molecule has 2 rings (SSSR count). The molecule has 0 saturated carbocycles. The molecular weight excluding hydrogens is 260 g/mol. The molecule has 2 aromatic rings. The third-order valence-corrected chi connectivity index (χ3v) is 3.59. The quantitative estimate of drug-likeness (QED) is 0.798. The van der Waals surface area contributed by atoms with Gasteiger partial charge in [0.15, 0.2) is 0 Å². The van der Waals surface area contributed by atoms with Crippen LogP contribution in [0.3, 0.4) is 0 Å². The van der Waals surface area contributed by atoms with Crippen LogP contribution in [0.15, 0.2) is 36.7 Å². The van der Waals surface area contributed by atoms with Gasteiger partial charge in [-0.05, 0) is 47.2 Å². The third kappa shape index (κ3) is 3.48. The minimum absolute atomic E-state index is 0.347. The topological polar surface area (TPSA) is 42.0 Å². The molecule has 1 aromatic carbocycles. The Hall–Kier alpha value is -2.16. The van der Waals surface area contributed by atoms with Crippen molar-refractivity contribution in [3.05, 3.63) is 47.8 Å². The fourth-order valence-electron chi connectivity index (χ4n) is 2.58. The number of aryl methyl sites for hydroxylation is 1. The number of aromatic nitrogens is 1. The van der Waals surface area contributed by atoms with Crippen LogP contribution in [0, 0.1) is 0 Å². The van der Waals surface area contributed by atoms with Crippen molar-refractivity contribution in [3.63, 3.8) is 0 Å². The van der Waals surface area contributed by atoms with Crippen LogP contribution in [-0.2, 0) is 11.2 Å². The monoisotopic (exact) mass is 282 g/mol. The molecule has 1 heterocycles. The van der Waals surface area contributed by atoms with Crippen LogP contribution >= 0.6 is 0 Å². The zero-order valence-corrected chi connectivity index (χ0v) is 12.9. The smallest absolute Gasteiger partial charge is 0.211 e. The molecule has 21 heavy (non-hydrogen) atoms. The van der Waals surface area contributed by atoms with Gasteiger partial charge in [-0.3, -0.25) is 9.78 Å². The molecule has 0 fully saturated rings. The van der Waals surface area contributed by atoms with E-state index in [9.17, 15) is 4.79 Å². The van der Waals surface area contributed by atoms with Gasteiger partial charge in [0, 0.05) is 23.6 Å². The predicted molar refractivity (Wildman–Crippen MR) is 87.4 cm³/mol.